The number of amides is 1. The molecule has 0 aliphatic rings. The number of carbonyl (C=O) groups is 1. The molecule has 172 valence electrons. The zero-order chi connectivity index (χ0) is 23.6. The van der Waals surface area contributed by atoms with Gasteiger partial charge in [0.25, 0.3) is 0 Å². The van der Waals surface area contributed by atoms with Gasteiger partial charge in [0, 0.05) is 17.7 Å². The van der Waals surface area contributed by atoms with Gasteiger partial charge in [-0.2, -0.15) is 5.10 Å². The SMILES string of the molecule is C=CCOc1ccc(C=CC(=O)Nc2ccnn2Cc2cccc(OC)c2OC)cc1OC. The summed E-state index contributed by atoms with van der Waals surface area (Å²) >= 11 is 0. The molecular weight excluding hydrogens is 422 g/mol. The monoisotopic (exact) mass is 449 g/mol. The third-order valence-electron chi connectivity index (χ3n) is 4.74. The summed E-state index contributed by atoms with van der Waals surface area (Å²) < 4.78 is 23.4. The molecule has 0 saturated carbocycles. The van der Waals surface area contributed by atoms with Crippen molar-refractivity contribution in [2.75, 3.05) is 33.3 Å². The molecule has 0 spiro atoms. The first-order valence-corrected chi connectivity index (χ1v) is 10.2. The minimum absolute atomic E-state index is 0.291. The van der Waals surface area contributed by atoms with Crippen LogP contribution in [0.15, 0.2) is 67.4 Å². The largest absolute Gasteiger partial charge is 0.493 e. The molecule has 0 fully saturated rings. The van der Waals surface area contributed by atoms with Crippen molar-refractivity contribution >= 4 is 17.8 Å². The lowest BCUT2D eigenvalue weighted by Gasteiger charge is -2.14. The first kappa shape index (κ1) is 23.5. The van der Waals surface area contributed by atoms with Crippen molar-refractivity contribution in [2.24, 2.45) is 0 Å². The molecule has 0 atom stereocenters. The highest BCUT2D eigenvalue weighted by atomic mass is 16.5. The summed E-state index contributed by atoms with van der Waals surface area (Å²) in [7, 11) is 4.74. The van der Waals surface area contributed by atoms with Crippen LogP contribution < -0.4 is 24.3 Å². The molecule has 1 amide bonds. The molecule has 1 heterocycles. The number of carbonyl (C=O) groups excluding carboxylic acids is 1. The predicted molar refractivity (Wildman–Crippen MR) is 127 cm³/mol. The molecule has 0 aliphatic carbocycles. The van der Waals surface area contributed by atoms with Crippen LogP contribution in [0.25, 0.3) is 6.08 Å². The second kappa shape index (κ2) is 11.4. The number of rotatable bonds is 11. The van der Waals surface area contributed by atoms with Crippen molar-refractivity contribution in [1.29, 1.82) is 0 Å². The quantitative estimate of drug-likeness (QED) is 0.349. The number of nitrogens with one attached hydrogen (secondary N) is 1. The molecule has 8 nitrogen and oxygen atoms in total. The molecule has 0 unspecified atom stereocenters. The maximum Gasteiger partial charge on any atom is 0.249 e. The van der Waals surface area contributed by atoms with Gasteiger partial charge in [-0.05, 0) is 29.8 Å². The second-order valence-corrected chi connectivity index (χ2v) is 6.86. The molecular formula is C25H27N3O5. The number of hydrogen-bond donors (Lipinski definition) is 1. The molecule has 3 aromatic rings. The molecule has 1 N–H and O–H groups in total. The first-order chi connectivity index (χ1) is 16.1. The Hall–Kier alpha value is -4.20. The molecule has 33 heavy (non-hydrogen) atoms. The van der Waals surface area contributed by atoms with E-state index in [-0.39, 0.29) is 5.91 Å². The lowest BCUT2D eigenvalue weighted by atomic mass is 10.2. The van der Waals surface area contributed by atoms with E-state index in [9.17, 15) is 4.79 Å². The van der Waals surface area contributed by atoms with E-state index in [1.165, 1.54) is 6.08 Å². The second-order valence-electron chi connectivity index (χ2n) is 6.86. The minimum atomic E-state index is -0.291. The summed E-state index contributed by atoms with van der Waals surface area (Å²) in [6.45, 7) is 4.41. The van der Waals surface area contributed by atoms with Crippen molar-refractivity contribution < 1.29 is 23.7 Å². The summed E-state index contributed by atoms with van der Waals surface area (Å²) in [6, 6.07) is 12.8. The predicted octanol–water partition coefficient (Wildman–Crippen LogP) is 4.17. The summed E-state index contributed by atoms with van der Waals surface area (Å²) in [5, 5.41) is 7.17. The van der Waals surface area contributed by atoms with E-state index in [0.717, 1.165) is 11.1 Å². The van der Waals surface area contributed by atoms with Gasteiger partial charge in [-0.15, -0.1) is 0 Å². The van der Waals surface area contributed by atoms with Crippen molar-refractivity contribution in [1.82, 2.24) is 9.78 Å². The number of aromatic nitrogens is 2. The average Bonchev–Trinajstić information content (AvgIpc) is 3.27. The van der Waals surface area contributed by atoms with Gasteiger partial charge in [0.2, 0.25) is 5.91 Å². The van der Waals surface area contributed by atoms with Crippen LogP contribution in [-0.2, 0) is 11.3 Å². The Bertz CT molecular complexity index is 1140. The summed E-state index contributed by atoms with van der Waals surface area (Å²) in [5.74, 6) is 2.70. The van der Waals surface area contributed by atoms with Crippen LogP contribution in [0, 0.1) is 0 Å². The molecule has 0 bridgehead atoms. The molecule has 3 rings (SSSR count). The highest BCUT2D eigenvalue weighted by molar-refractivity contribution is 6.01. The van der Waals surface area contributed by atoms with Crippen LogP contribution in [0.3, 0.4) is 0 Å². The fourth-order valence-corrected chi connectivity index (χ4v) is 3.20. The Balaban J connectivity index is 1.70. The first-order valence-electron chi connectivity index (χ1n) is 10.2. The van der Waals surface area contributed by atoms with E-state index >= 15 is 0 Å². The zero-order valence-electron chi connectivity index (χ0n) is 18.9. The van der Waals surface area contributed by atoms with E-state index in [2.05, 4.69) is 17.0 Å². The smallest absolute Gasteiger partial charge is 0.249 e. The van der Waals surface area contributed by atoms with Gasteiger partial charge in [0.1, 0.15) is 12.4 Å². The third-order valence-corrected chi connectivity index (χ3v) is 4.74. The Morgan fingerprint density at radius 1 is 1.06 bits per heavy atom. The molecule has 0 saturated heterocycles. The molecule has 8 heteroatoms. The van der Waals surface area contributed by atoms with E-state index in [0.29, 0.717) is 42.0 Å². The zero-order valence-corrected chi connectivity index (χ0v) is 18.9. The maximum atomic E-state index is 12.5. The van der Waals surface area contributed by atoms with E-state index in [4.69, 9.17) is 18.9 Å². The molecule has 0 radical (unpaired) electrons. The van der Waals surface area contributed by atoms with Crippen LogP contribution in [0.5, 0.6) is 23.0 Å². The summed E-state index contributed by atoms with van der Waals surface area (Å²) in [5.41, 5.74) is 1.67. The van der Waals surface area contributed by atoms with Crippen LogP contribution in [0.4, 0.5) is 5.82 Å². The number of nitrogens with zero attached hydrogens (tertiary/aromatic N) is 2. The number of para-hydroxylation sites is 1. The lowest BCUT2D eigenvalue weighted by molar-refractivity contribution is -0.111. The standard InChI is InChI=1S/C25H27N3O5/c1-5-15-33-20-11-9-18(16-22(20)31-3)10-12-24(29)27-23-13-14-26-28(23)17-19-7-6-8-21(30-2)25(19)32-4/h5-14,16H,1,15,17H2,2-4H3,(H,27,29). The van der Waals surface area contributed by atoms with Crippen molar-refractivity contribution in [2.45, 2.75) is 6.54 Å². The fraction of sp³-hybridized carbons (Fsp3) is 0.200. The van der Waals surface area contributed by atoms with Gasteiger partial charge in [-0.3, -0.25) is 4.79 Å². The van der Waals surface area contributed by atoms with Crippen molar-refractivity contribution in [3.8, 4) is 23.0 Å². The summed E-state index contributed by atoms with van der Waals surface area (Å²) in [6.07, 6.45) is 6.43. The maximum absolute atomic E-state index is 12.5. The number of ether oxygens (including phenoxy) is 4. The van der Waals surface area contributed by atoms with Crippen LogP contribution >= 0.6 is 0 Å². The topological polar surface area (TPSA) is 83.8 Å². The molecule has 0 aliphatic heterocycles. The van der Waals surface area contributed by atoms with Gasteiger partial charge in [0.15, 0.2) is 23.0 Å². The van der Waals surface area contributed by atoms with Gasteiger partial charge < -0.3 is 24.3 Å². The van der Waals surface area contributed by atoms with Crippen LogP contribution in [0.1, 0.15) is 11.1 Å². The Morgan fingerprint density at radius 2 is 1.88 bits per heavy atom. The van der Waals surface area contributed by atoms with Crippen LogP contribution in [-0.4, -0.2) is 43.6 Å². The van der Waals surface area contributed by atoms with Gasteiger partial charge >= 0.3 is 0 Å². The fourth-order valence-electron chi connectivity index (χ4n) is 3.20. The van der Waals surface area contributed by atoms with Crippen molar-refractivity contribution in [3.05, 3.63) is 78.5 Å². The summed E-state index contributed by atoms with van der Waals surface area (Å²) in [4.78, 5) is 12.5. The van der Waals surface area contributed by atoms with E-state index < -0.39 is 0 Å². The molecule has 1 aromatic heterocycles. The number of hydrogen-bond acceptors (Lipinski definition) is 6. The highest BCUT2D eigenvalue weighted by Crippen LogP contribution is 2.31. The van der Waals surface area contributed by atoms with Gasteiger partial charge in [0.05, 0.1) is 34.1 Å². The lowest BCUT2D eigenvalue weighted by Crippen LogP contribution is -2.14. The van der Waals surface area contributed by atoms with Gasteiger partial charge in [-0.25, -0.2) is 4.68 Å². The Labute approximate surface area is 193 Å². The number of methoxy groups -OCH3 is 3. The average molecular weight is 450 g/mol. The Kier molecular flexibility index (Phi) is 8.13. The van der Waals surface area contributed by atoms with E-state index in [1.54, 1.807) is 62.6 Å². The molecule has 2 aromatic carbocycles. The number of anilines is 1. The normalized spacial score (nSPS) is 10.6. The highest BCUT2D eigenvalue weighted by Gasteiger charge is 2.13. The van der Waals surface area contributed by atoms with E-state index in [1.807, 2.05) is 24.3 Å². The van der Waals surface area contributed by atoms with Crippen molar-refractivity contribution in [3.63, 3.8) is 0 Å². The Morgan fingerprint density at radius 3 is 2.61 bits per heavy atom. The van der Waals surface area contributed by atoms with Gasteiger partial charge in [-0.1, -0.05) is 30.9 Å². The number of benzene rings is 2. The minimum Gasteiger partial charge on any atom is -0.493 e. The van der Waals surface area contributed by atoms with Crippen LogP contribution in [0.2, 0.25) is 0 Å². The third kappa shape index (κ3) is 5.94.